The average molecular weight is 279 g/mol. The van der Waals surface area contributed by atoms with E-state index >= 15 is 0 Å². The summed E-state index contributed by atoms with van der Waals surface area (Å²) in [5, 5.41) is 0. The second kappa shape index (κ2) is 6.03. The first kappa shape index (κ1) is 15.2. The van der Waals surface area contributed by atoms with E-state index in [0.717, 1.165) is 25.3 Å². The molecule has 112 valence electrons. The molecule has 2 heterocycles. The number of hydrogen-bond donors (Lipinski definition) is 2. The number of hydrogen-bond acceptors (Lipinski definition) is 6. The number of hydrazine groups is 1. The summed E-state index contributed by atoms with van der Waals surface area (Å²) in [6.45, 7) is 12.1. The number of likely N-dealkylation sites (N-methyl/N-ethyl adjacent to an activating group) is 1. The fourth-order valence-electron chi connectivity index (χ4n) is 2.21. The minimum atomic E-state index is -0.0851. The van der Waals surface area contributed by atoms with E-state index in [0.29, 0.717) is 18.2 Å². The third kappa shape index (κ3) is 3.45. The van der Waals surface area contributed by atoms with Crippen molar-refractivity contribution in [1.82, 2.24) is 14.9 Å². The molecule has 1 aromatic heterocycles. The molecule has 20 heavy (non-hydrogen) atoms. The van der Waals surface area contributed by atoms with Gasteiger partial charge in [0.2, 0.25) is 0 Å². The maximum atomic E-state index is 5.83. The van der Waals surface area contributed by atoms with E-state index in [4.69, 9.17) is 10.6 Å². The topological polar surface area (TPSA) is 76.3 Å². The highest BCUT2D eigenvalue weighted by Crippen LogP contribution is 2.26. The van der Waals surface area contributed by atoms with Crippen molar-refractivity contribution >= 4 is 5.82 Å². The lowest BCUT2D eigenvalue weighted by molar-refractivity contribution is -0.0326. The summed E-state index contributed by atoms with van der Waals surface area (Å²) >= 11 is 0. The molecule has 0 saturated carbocycles. The minimum Gasteiger partial charge on any atom is -0.368 e. The van der Waals surface area contributed by atoms with Gasteiger partial charge < -0.3 is 10.2 Å². The molecule has 6 heteroatoms. The Morgan fingerprint density at radius 3 is 2.80 bits per heavy atom. The molecule has 0 aliphatic carbocycles. The van der Waals surface area contributed by atoms with Gasteiger partial charge in [0.1, 0.15) is 11.9 Å². The summed E-state index contributed by atoms with van der Waals surface area (Å²) in [5.74, 6) is 6.87. The molecule has 1 aliphatic rings. The van der Waals surface area contributed by atoms with E-state index in [1.54, 1.807) is 0 Å². The van der Waals surface area contributed by atoms with Crippen LogP contribution in [0.1, 0.15) is 45.3 Å². The van der Waals surface area contributed by atoms with E-state index in [2.05, 4.69) is 48.0 Å². The van der Waals surface area contributed by atoms with Gasteiger partial charge in [0.25, 0.3) is 0 Å². The zero-order valence-corrected chi connectivity index (χ0v) is 12.8. The van der Waals surface area contributed by atoms with Crippen molar-refractivity contribution in [3.05, 3.63) is 17.6 Å². The normalized spacial score (nSPS) is 20.9. The van der Waals surface area contributed by atoms with E-state index in [9.17, 15) is 0 Å². The third-order valence-corrected chi connectivity index (χ3v) is 3.55. The summed E-state index contributed by atoms with van der Waals surface area (Å²) in [6.07, 6.45) is -0.0851. The van der Waals surface area contributed by atoms with Crippen LogP contribution in [0.3, 0.4) is 0 Å². The monoisotopic (exact) mass is 279 g/mol. The number of ether oxygens (including phenoxy) is 1. The van der Waals surface area contributed by atoms with Gasteiger partial charge >= 0.3 is 0 Å². The minimum absolute atomic E-state index is 0.0532. The molecule has 6 nitrogen and oxygen atoms in total. The number of nitrogen functional groups attached to an aromatic ring is 1. The Hall–Kier alpha value is -1.24. The van der Waals surface area contributed by atoms with E-state index < -0.39 is 0 Å². The van der Waals surface area contributed by atoms with Crippen molar-refractivity contribution in [3.8, 4) is 0 Å². The summed E-state index contributed by atoms with van der Waals surface area (Å²) < 4.78 is 5.83. The summed E-state index contributed by atoms with van der Waals surface area (Å²) in [6, 6.07) is 1.89. The van der Waals surface area contributed by atoms with Crippen LogP contribution >= 0.6 is 0 Å². The molecule has 0 amide bonds. The molecule has 1 unspecified atom stereocenters. The number of nitrogens with one attached hydrogen (secondary N) is 1. The van der Waals surface area contributed by atoms with Crippen molar-refractivity contribution in [3.63, 3.8) is 0 Å². The Morgan fingerprint density at radius 2 is 2.20 bits per heavy atom. The number of morpholine rings is 1. The highest BCUT2D eigenvalue weighted by atomic mass is 16.5. The molecule has 1 aliphatic heterocycles. The number of rotatable bonds is 3. The lowest BCUT2D eigenvalue weighted by Gasteiger charge is -2.31. The number of nitrogens with two attached hydrogens (primary N) is 1. The SMILES string of the molecule is CCN1CCOC(c2nc(NN)cc(C(C)(C)C)n2)C1. The van der Waals surface area contributed by atoms with Crippen LogP contribution in [0.2, 0.25) is 0 Å². The molecule has 1 fully saturated rings. The Morgan fingerprint density at radius 1 is 1.45 bits per heavy atom. The zero-order valence-electron chi connectivity index (χ0n) is 12.8. The molecule has 1 atom stereocenters. The molecule has 0 aromatic carbocycles. The van der Waals surface area contributed by atoms with Crippen LogP contribution in [0.4, 0.5) is 5.82 Å². The molecule has 0 radical (unpaired) electrons. The fraction of sp³-hybridized carbons (Fsp3) is 0.714. The summed E-state index contributed by atoms with van der Waals surface area (Å²) in [4.78, 5) is 11.5. The number of nitrogens with zero attached hydrogens (tertiary/aromatic N) is 3. The second-order valence-electron chi connectivity index (χ2n) is 6.14. The Kier molecular flexibility index (Phi) is 4.57. The van der Waals surface area contributed by atoms with Crippen molar-refractivity contribution < 1.29 is 4.74 Å². The molecule has 0 bridgehead atoms. The average Bonchev–Trinajstić information content (AvgIpc) is 2.46. The van der Waals surface area contributed by atoms with Crippen LogP contribution in [0, 0.1) is 0 Å². The number of aromatic nitrogens is 2. The Bertz CT molecular complexity index is 457. The molecule has 1 saturated heterocycles. The molecule has 1 aromatic rings. The van der Waals surface area contributed by atoms with Crippen LogP contribution in [-0.2, 0) is 10.2 Å². The van der Waals surface area contributed by atoms with Crippen molar-refractivity contribution in [2.24, 2.45) is 5.84 Å². The van der Waals surface area contributed by atoms with Gasteiger partial charge in [-0.2, -0.15) is 0 Å². The Balaban J connectivity index is 2.30. The van der Waals surface area contributed by atoms with Gasteiger partial charge in [0.05, 0.1) is 12.3 Å². The number of anilines is 1. The molecular formula is C14H25N5O. The summed E-state index contributed by atoms with van der Waals surface area (Å²) in [5.41, 5.74) is 3.54. The molecule has 3 N–H and O–H groups in total. The van der Waals surface area contributed by atoms with Crippen molar-refractivity contribution in [2.45, 2.75) is 39.2 Å². The fourth-order valence-corrected chi connectivity index (χ4v) is 2.21. The largest absolute Gasteiger partial charge is 0.368 e. The van der Waals surface area contributed by atoms with E-state index in [1.165, 1.54) is 0 Å². The van der Waals surface area contributed by atoms with E-state index in [-0.39, 0.29) is 11.5 Å². The first-order valence-corrected chi connectivity index (χ1v) is 7.14. The van der Waals surface area contributed by atoms with Gasteiger partial charge in [-0.3, -0.25) is 4.90 Å². The smallest absolute Gasteiger partial charge is 0.161 e. The predicted octanol–water partition coefficient (Wildman–Crippen LogP) is 1.45. The third-order valence-electron chi connectivity index (χ3n) is 3.55. The highest BCUT2D eigenvalue weighted by Gasteiger charge is 2.26. The molecule has 0 spiro atoms. The highest BCUT2D eigenvalue weighted by molar-refractivity contribution is 5.37. The van der Waals surface area contributed by atoms with Crippen LogP contribution < -0.4 is 11.3 Å². The zero-order chi connectivity index (χ0) is 14.8. The van der Waals surface area contributed by atoms with E-state index in [1.807, 2.05) is 6.07 Å². The van der Waals surface area contributed by atoms with Gasteiger partial charge in [-0.15, -0.1) is 0 Å². The van der Waals surface area contributed by atoms with Crippen LogP contribution in [0.25, 0.3) is 0 Å². The lowest BCUT2D eigenvalue weighted by atomic mass is 9.92. The first-order valence-electron chi connectivity index (χ1n) is 7.14. The van der Waals surface area contributed by atoms with Crippen LogP contribution in [0.5, 0.6) is 0 Å². The van der Waals surface area contributed by atoms with Gasteiger partial charge in [0, 0.05) is 24.6 Å². The first-order chi connectivity index (χ1) is 9.44. The van der Waals surface area contributed by atoms with Crippen LogP contribution in [0.15, 0.2) is 6.07 Å². The molecule has 2 rings (SSSR count). The van der Waals surface area contributed by atoms with Crippen molar-refractivity contribution in [1.29, 1.82) is 0 Å². The maximum absolute atomic E-state index is 5.83. The summed E-state index contributed by atoms with van der Waals surface area (Å²) in [7, 11) is 0. The second-order valence-corrected chi connectivity index (χ2v) is 6.14. The van der Waals surface area contributed by atoms with Gasteiger partial charge in [-0.1, -0.05) is 27.7 Å². The van der Waals surface area contributed by atoms with Crippen molar-refractivity contribution in [2.75, 3.05) is 31.7 Å². The lowest BCUT2D eigenvalue weighted by Crippen LogP contribution is -2.39. The van der Waals surface area contributed by atoms with Gasteiger partial charge in [-0.05, 0) is 6.54 Å². The van der Waals surface area contributed by atoms with Gasteiger partial charge in [0.15, 0.2) is 5.82 Å². The quantitative estimate of drug-likeness (QED) is 0.644. The Labute approximate surface area is 120 Å². The standard InChI is InChI=1S/C14H25N5O/c1-5-19-6-7-20-10(9-19)13-16-11(14(2,3)4)8-12(17-13)18-15/h8,10H,5-7,9,15H2,1-4H3,(H,16,17,18). The predicted molar refractivity (Wildman–Crippen MR) is 79.3 cm³/mol. The molecular weight excluding hydrogens is 254 g/mol. The van der Waals surface area contributed by atoms with Crippen LogP contribution in [-0.4, -0.2) is 41.1 Å². The maximum Gasteiger partial charge on any atom is 0.161 e. The van der Waals surface area contributed by atoms with Gasteiger partial charge in [-0.25, -0.2) is 15.8 Å².